The summed E-state index contributed by atoms with van der Waals surface area (Å²) < 4.78 is 18.3. The average molecular weight is 304 g/mol. The van der Waals surface area contributed by atoms with Crippen LogP contribution in [0.5, 0.6) is 0 Å². The number of carbonyl (C=O) groups is 1. The van der Waals surface area contributed by atoms with Gasteiger partial charge in [-0.3, -0.25) is 15.2 Å². The molecule has 7 heteroatoms. The molecule has 1 aromatic carbocycles. The van der Waals surface area contributed by atoms with Crippen LogP contribution in [0.1, 0.15) is 31.2 Å². The Hall–Kier alpha value is -2.28. The number of hydrogen-bond donors (Lipinski definition) is 2. The standard InChI is InChI=1S/C15H17FN4O2/c1-9-2-7-12(22-9)14(21)18-15-17-13(19-20-15)8-10-3-5-11(16)6-4-10/h3-6,9,12H,2,7-8H2,1H3,(H2,17,18,19,20,21). The molecule has 6 nitrogen and oxygen atoms in total. The van der Waals surface area contributed by atoms with Gasteiger partial charge in [0.1, 0.15) is 17.7 Å². The first-order valence-electron chi connectivity index (χ1n) is 7.22. The number of aromatic amines is 1. The fraction of sp³-hybridized carbons (Fsp3) is 0.400. The smallest absolute Gasteiger partial charge is 0.255 e. The van der Waals surface area contributed by atoms with Crippen LogP contribution in [0.4, 0.5) is 10.3 Å². The van der Waals surface area contributed by atoms with E-state index in [9.17, 15) is 9.18 Å². The highest BCUT2D eigenvalue weighted by molar-refractivity contribution is 5.92. The van der Waals surface area contributed by atoms with E-state index in [-0.39, 0.29) is 23.8 Å². The molecule has 2 heterocycles. The molecule has 1 saturated heterocycles. The van der Waals surface area contributed by atoms with Gasteiger partial charge in [0.05, 0.1) is 6.10 Å². The van der Waals surface area contributed by atoms with Crippen LogP contribution in [-0.4, -0.2) is 33.3 Å². The topological polar surface area (TPSA) is 79.9 Å². The maximum Gasteiger partial charge on any atom is 0.255 e. The van der Waals surface area contributed by atoms with Crippen LogP contribution in [0.2, 0.25) is 0 Å². The summed E-state index contributed by atoms with van der Waals surface area (Å²) in [5, 5.41) is 9.37. The number of rotatable bonds is 4. The summed E-state index contributed by atoms with van der Waals surface area (Å²) in [6, 6.07) is 6.16. The molecule has 1 aromatic heterocycles. The lowest BCUT2D eigenvalue weighted by Crippen LogP contribution is -2.28. The highest BCUT2D eigenvalue weighted by Gasteiger charge is 2.28. The Labute approximate surface area is 127 Å². The second kappa shape index (κ2) is 6.23. The SMILES string of the molecule is CC1CCC(C(=O)Nc2n[nH]c(Cc3ccc(F)cc3)n2)O1. The minimum Gasteiger partial charge on any atom is -0.365 e. The molecule has 22 heavy (non-hydrogen) atoms. The Kier molecular flexibility index (Phi) is 4.15. The lowest BCUT2D eigenvalue weighted by molar-refractivity contribution is -0.126. The van der Waals surface area contributed by atoms with Crippen LogP contribution < -0.4 is 5.32 Å². The maximum atomic E-state index is 12.9. The fourth-order valence-corrected chi connectivity index (χ4v) is 2.41. The van der Waals surface area contributed by atoms with Gasteiger partial charge in [0.25, 0.3) is 5.91 Å². The molecule has 1 aliphatic rings. The van der Waals surface area contributed by atoms with Crippen LogP contribution >= 0.6 is 0 Å². The van der Waals surface area contributed by atoms with Crippen molar-refractivity contribution >= 4 is 11.9 Å². The highest BCUT2D eigenvalue weighted by atomic mass is 19.1. The molecule has 0 bridgehead atoms. The van der Waals surface area contributed by atoms with Crippen molar-refractivity contribution in [2.24, 2.45) is 0 Å². The molecule has 0 aliphatic carbocycles. The summed E-state index contributed by atoms with van der Waals surface area (Å²) in [7, 11) is 0. The zero-order valence-corrected chi connectivity index (χ0v) is 12.2. The van der Waals surface area contributed by atoms with Crippen LogP contribution in [0, 0.1) is 5.82 Å². The number of carbonyl (C=O) groups excluding carboxylic acids is 1. The van der Waals surface area contributed by atoms with E-state index in [1.807, 2.05) is 6.92 Å². The Morgan fingerprint density at radius 1 is 1.41 bits per heavy atom. The number of anilines is 1. The monoisotopic (exact) mass is 304 g/mol. The van der Waals surface area contributed by atoms with Gasteiger partial charge in [-0.2, -0.15) is 4.98 Å². The number of halogens is 1. The zero-order valence-electron chi connectivity index (χ0n) is 12.2. The second-order valence-electron chi connectivity index (χ2n) is 5.41. The second-order valence-corrected chi connectivity index (χ2v) is 5.41. The molecular weight excluding hydrogens is 287 g/mol. The van der Waals surface area contributed by atoms with E-state index < -0.39 is 6.10 Å². The van der Waals surface area contributed by atoms with Crippen LogP contribution in [-0.2, 0) is 16.0 Å². The van der Waals surface area contributed by atoms with Gasteiger partial charge in [-0.1, -0.05) is 12.1 Å². The molecule has 2 unspecified atom stereocenters. The normalized spacial score (nSPS) is 21.0. The molecule has 1 aliphatic heterocycles. The van der Waals surface area contributed by atoms with Crippen molar-refractivity contribution in [1.29, 1.82) is 0 Å². The number of nitrogens with one attached hydrogen (secondary N) is 2. The molecule has 2 N–H and O–H groups in total. The lowest BCUT2D eigenvalue weighted by atomic mass is 10.1. The number of nitrogens with zero attached hydrogens (tertiary/aromatic N) is 2. The number of amides is 1. The third kappa shape index (κ3) is 3.48. The van der Waals surface area contributed by atoms with Crippen molar-refractivity contribution in [3.05, 3.63) is 41.5 Å². The van der Waals surface area contributed by atoms with Gasteiger partial charge < -0.3 is 4.74 Å². The number of H-pyrrole nitrogens is 1. The summed E-state index contributed by atoms with van der Waals surface area (Å²) in [6.45, 7) is 1.95. The third-order valence-corrected chi connectivity index (χ3v) is 3.58. The Morgan fingerprint density at radius 2 is 2.18 bits per heavy atom. The van der Waals surface area contributed by atoms with E-state index in [1.54, 1.807) is 12.1 Å². The number of ether oxygens (including phenoxy) is 1. The summed E-state index contributed by atoms with van der Waals surface area (Å²) in [6.07, 6.45) is 1.74. The van der Waals surface area contributed by atoms with Crippen LogP contribution in [0.15, 0.2) is 24.3 Å². The molecule has 2 atom stereocenters. The predicted octanol–water partition coefficient (Wildman–Crippen LogP) is 2.04. The number of aromatic nitrogens is 3. The molecule has 0 radical (unpaired) electrons. The Balaban J connectivity index is 1.59. The molecule has 116 valence electrons. The molecule has 1 amide bonds. The molecule has 2 aromatic rings. The zero-order chi connectivity index (χ0) is 15.5. The minimum atomic E-state index is -0.436. The Morgan fingerprint density at radius 3 is 2.86 bits per heavy atom. The minimum absolute atomic E-state index is 0.108. The molecule has 1 fully saturated rings. The molecule has 0 spiro atoms. The van der Waals surface area contributed by atoms with Gasteiger partial charge in [0, 0.05) is 6.42 Å². The van der Waals surface area contributed by atoms with E-state index in [2.05, 4.69) is 20.5 Å². The van der Waals surface area contributed by atoms with Crippen LogP contribution in [0.3, 0.4) is 0 Å². The fourth-order valence-electron chi connectivity index (χ4n) is 2.41. The van der Waals surface area contributed by atoms with Crippen molar-refractivity contribution in [3.8, 4) is 0 Å². The van der Waals surface area contributed by atoms with Crippen molar-refractivity contribution in [2.75, 3.05) is 5.32 Å². The maximum absolute atomic E-state index is 12.9. The first-order chi connectivity index (χ1) is 10.6. The first kappa shape index (κ1) is 14.6. The van der Waals surface area contributed by atoms with Crippen LogP contribution in [0.25, 0.3) is 0 Å². The largest absolute Gasteiger partial charge is 0.365 e. The number of hydrogen-bond acceptors (Lipinski definition) is 4. The molecule has 0 saturated carbocycles. The van der Waals surface area contributed by atoms with Gasteiger partial charge in [0.2, 0.25) is 5.95 Å². The van der Waals surface area contributed by atoms with E-state index in [1.165, 1.54) is 12.1 Å². The van der Waals surface area contributed by atoms with E-state index >= 15 is 0 Å². The highest BCUT2D eigenvalue weighted by Crippen LogP contribution is 2.20. The summed E-state index contributed by atoms with van der Waals surface area (Å²) in [4.78, 5) is 16.2. The van der Waals surface area contributed by atoms with E-state index in [0.29, 0.717) is 18.7 Å². The van der Waals surface area contributed by atoms with Crippen molar-refractivity contribution in [1.82, 2.24) is 15.2 Å². The van der Waals surface area contributed by atoms with Gasteiger partial charge in [-0.25, -0.2) is 4.39 Å². The third-order valence-electron chi connectivity index (χ3n) is 3.58. The van der Waals surface area contributed by atoms with E-state index in [0.717, 1.165) is 12.0 Å². The first-order valence-corrected chi connectivity index (χ1v) is 7.22. The van der Waals surface area contributed by atoms with E-state index in [4.69, 9.17) is 4.74 Å². The Bertz CT molecular complexity index is 656. The quantitative estimate of drug-likeness (QED) is 0.906. The molecule has 3 rings (SSSR count). The summed E-state index contributed by atoms with van der Waals surface area (Å²) in [5.41, 5.74) is 0.906. The van der Waals surface area contributed by atoms with Gasteiger partial charge in [0.15, 0.2) is 0 Å². The van der Waals surface area contributed by atoms with Crippen molar-refractivity contribution < 1.29 is 13.9 Å². The van der Waals surface area contributed by atoms with Crippen molar-refractivity contribution in [3.63, 3.8) is 0 Å². The predicted molar refractivity (Wildman–Crippen MR) is 77.8 cm³/mol. The summed E-state index contributed by atoms with van der Waals surface area (Å²) >= 11 is 0. The van der Waals surface area contributed by atoms with Gasteiger partial charge in [-0.05, 0) is 37.5 Å². The number of benzene rings is 1. The van der Waals surface area contributed by atoms with Crippen molar-refractivity contribution in [2.45, 2.75) is 38.4 Å². The van der Waals surface area contributed by atoms with Gasteiger partial charge in [-0.15, -0.1) is 5.10 Å². The molecular formula is C15H17FN4O2. The summed E-state index contributed by atoms with van der Waals surface area (Å²) in [5.74, 6) is 0.324. The van der Waals surface area contributed by atoms with Gasteiger partial charge >= 0.3 is 0 Å². The average Bonchev–Trinajstić information content (AvgIpc) is 3.11. The lowest BCUT2D eigenvalue weighted by Gasteiger charge is -2.09.